The van der Waals surface area contributed by atoms with Gasteiger partial charge in [0.05, 0.1) is 13.0 Å². The molecule has 0 aromatic rings. The summed E-state index contributed by atoms with van der Waals surface area (Å²) in [5.41, 5.74) is 6.06. The Morgan fingerprint density at radius 2 is 1.93 bits per heavy atom. The van der Waals surface area contributed by atoms with Crippen LogP contribution in [0.25, 0.3) is 0 Å². The minimum Gasteiger partial charge on any atom is -0.469 e. The SMILES string of the molecule is COC(=O)C1CC(N)C2CCCCC12. The molecule has 2 aliphatic rings. The molecule has 2 rings (SSSR count). The van der Waals surface area contributed by atoms with E-state index >= 15 is 0 Å². The molecule has 0 heterocycles. The second-order valence-corrected chi connectivity index (χ2v) is 4.64. The largest absolute Gasteiger partial charge is 0.469 e. The lowest BCUT2D eigenvalue weighted by Crippen LogP contribution is -2.30. The highest BCUT2D eigenvalue weighted by molar-refractivity contribution is 5.73. The molecule has 4 atom stereocenters. The van der Waals surface area contributed by atoms with E-state index in [1.807, 2.05) is 0 Å². The highest BCUT2D eigenvalue weighted by Crippen LogP contribution is 2.45. The molecule has 0 radical (unpaired) electrons. The second-order valence-electron chi connectivity index (χ2n) is 4.64. The molecule has 3 heteroatoms. The van der Waals surface area contributed by atoms with Gasteiger partial charge in [0.15, 0.2) is 0 Å². The van der Waals surface area contributed by atoms with Gasteiger partial charge >= 0.3 is 5.97 Å². The third-order valence-electron chi connectivity index (χ3n) is 3.97. The minimum atomic E-state index is -0.0464. The molecule has 0 aromatic carbocycles. The zero-order valence-corrected chi connectivity index (χ0v) is 8.74. The molecule has 2 fully saturated rings. The maximum Gasteiger partial charge on any atom is 0.309 e. The van der Waals surface area contributed by atoms with Crippen LogP contribution in [0.3, 0.4) is 0 Å². The van der Waals surface area contributed by atoms with Crippen molar-refractivity contribution in [2.45, 2.75) is 38.1 Å². The molecule has 0 amide bonds. The van der Waals surface area contributed by atoms with Crippen LogP contribution in [0.5, 0.6) is 0 Å². The Balaban J connectivity index is 2.09. The number of ether oxygens (including phenoxy) is 1. The fourth-order valence-electron chi connectivity index (χ4n) is 3.28. The van der Waals surface area contributed by atoms with Crippen LogP contribution in [0, 0.1) is 17.8 Å². The number of rotatable bonds is 1. The molecule has 0 aromatic heterocycles. The van der Waals surface area contributed by atoms with Crippen molar-refractivity contribution in [1.29, 1.82) is 0 Å². The third kappa shape index (κ3) is 1.54. The van der Waals surface area contributed by atoms with E-state index < -0.39 is 0 Å². The Morgan fingerprint density at radius 1 is 1.29 bits per heavy atom. The van der Waals surface area contributed by atoms with Crippen molar-refractivity contribution in [1.82, 2.24) is 0 Å². The van der Waals surface area contributed by atoms with E-state index in [4.69, 9.17) is 10.5 Å². The Hall–Kier alpha value is -0.570. The molecule has 3 nitrogen and oxygen atoms in total. The van der Waals surface area contributed by atoms with Crippen LogP contribution in [0.2, 0.25) is 0 Å². The van der Waals surface area contributed by atoms with E-state index in [2.05, 4.69) is 0 Å². The van der Waals surface area contributed by atoms with Crippen LogP contribution in [0.15, 0.2) is 0 Å². The van der Waals surface area contributed by atoms with Gasteiger partial charge in [0.25, 0.3) is 0 Å². The fourth-order valence-corrected chi connectivity index (χ4v) is 3.28. The van der Waals surface area contributed by atoms with E-state index in [1.165, 1.54) is 26.4 Å². The first-order valence-corrected chi connectivity index (χ1v) is 5.57. The van der Waals surface area contributed by atoms with Gasteiger partial charge in [-0.3, -0.25) is 4.79 Å². The highest BCUT2D eigenvalue weighted by atomic mass is 16.5. The summed E-state index contributed by atoms with van der Waals surface area (Å²) in [7, 11) is 1.48. The predicted octanol–water partition coefficient (Wildman–Crippen LogP) is 1.31. The van der Waals surface area contributed by atoms with Gasteiger partial charge in [0, 0.05) is 6.04 Å². The third-order valence-corrected chi connectivity index (χ3v) is 3.97. The monoisotopic (exact) mass is 197 g/mol. The minimum absolute atomic E-state index is 0.0464. The number of hydrogen-bond donors (Lipinski definition) is 1. The maximum absolute atomic E-state index is 11.5. The summed E-state index contributed by atoms with van der Waals surface area (Å²) in [5, 5.41) is 0. The normalized spacial score (nSPS) is 41.9. The van der Waals surface area contributed by atoms with Crippen LogP contribution < -0.4 is 5.73 Å². The predicted molar refractivity (Wildman–Crippen MR) is 53.5 cm³/mol. The van der Waals surface area contributed by atoms with E-state index in [9.17, 15) is 4.79 Å². The maximum atomic E-state index is 11.5. The molecule has 80 valence electrons. The van der Waals surface area contributed by atoms with E-state index in [1.54, 1.807) is 0 Å². The van der Waals surface area contributed by atoms with Gasteiger partial charge in [0.1, 0.15) is 0 Å². The summed E-state index contributed by atoms with van der Waals surface area (Å²) in [4.78, 5) is 11.5. The smallest absolute Gasteiger partial charge is 0.309 e. The zero-order valence-electron chi connectivity index (χ0n) is 8.74. The molecule has 0 bridgehead atoms. The summed E-state index contributed by atoms with van der Waals surface area (Å²) in [6, 6.07) is 0.226. The lowest BCUT2D eigenvalue weighted by atomic mass is 9.77. The van der Waals surface area contributed by atoms with Crippen molar-refractivity contribution in [3.8, 4) is 0 Å². The van der Waals surface area contributed by atoms with Crippen LogP contribution in [0.1, 0.15) is 32.1 Å². The molecular weight excluding hydrogens is 178 g/mol. The molecule has 0 saturated heterocycles. The number of methoxy groups -OCH3 is 1. The average molecular weight is 197 g/mol. The second kappa shape index (κ2) is 3.89. The summed E-state index contributed by atoms with van der Waals surface area (Å²) in [6.45, 7) is 0. The van der Waals surface area contributed by atoms with Crippen molar-refractivity contribution in [2.75, 3.05) is 7.11 Å². The summed E-state index contributed by atoms with van der Waals surface area (Å²) in [6.07, 6.45) is 5.74. The number of nitrogens with two attached hydrogens (primary N) is 1. The average Bonchev–Trinajstić information content (AvgIpc) is 2.56. The Morgan fingerprint density at radius 3 is 2.57 bits per heavy atom. The van der Waals surface area contributed by atoms with Crippen molar-refractivity contribution < 1.29 is 9.53 Å². The molecular formula is C11H19NO2. The molecule has 4 unspecified atom stereocenters. The van der Waals surface area contributed by atoms with Gasteiger partial charge in [0.2, 0.25) is 0 Å². The number of fused-ring (bicyclic) bond motifs is 1. The molecule has 0 aliphatic heterocycles. The zero-order chi connectivity index (χ0) is 10.1. The number of carbonyl (C=O) groups excluding carboxylic acids is 1. The van der Waals surface area contributed by atoms with Crippen molar-refractivity contribution in [2.24, 2.45) is 23.5 Å². The van der Waals surface area contributed by atoms with Crippen LogP contribution in [-0.2, 0) is 9.53 Å². The molecule has 2 aliphatic carbocycles. The van der Waals surface area contributed by atoms with Crippen LogP contribution >= 0.6 is 0 Å². The van der Waals surface area contributed by atoms with Crippen molar-refractivity contribution in [3.05, 3.63) is 0 Å². The first-order valence-electron chi connectivity index (χ1n) is 5.57. The topological polar surface area (TPSA) is 52.3 Å². The standard InChI is InChI=1S/C11H19NO2/c1-14-11(13)9-6-10(12)8-5-3-2-4-7(8)9/h7-10H,2-6,12H2,1H3. The fraction of sp³-hybridized carbons (Fsp3) is 0.909. The van der Waals surface area contributed by atoms with E-state index in [-0.39, 0.29) is 17.9 Å². The molecule has 2 N–H and O–H groups in total. The molecule has 14 heavy (non-hydrogen) atoms. The summed E-state index contributed by atoms with van der Waals surface area (Å²) in [5.74, 6) is 1.12. The number of carbonyl (C=O) groups is 1. The van der Waals surface area contributed by atoms with Crippen molar-refractivity contribution >= 4 is 5.97 Å². The lowest BCUT2D eigenvalue weighted by Gasteiger charge is -2.29. The van der Waals surface area contributed by atoms with Gasteiger partial charge in [-0.15, -0.1) is 0 Å². The first kappa shape index (κ1) is 9.97. The van der Waals surface area contributed by atoms with Crippen molar-refractivity contribution in [3.63, 3.8) is 0 Å². The molecule has 0 spiro atoms. The Bertz CT molecular complexity index is 229. The van der Waals surface area contributed by atoms with Crippen LogP contribution in [0.4, 0.5) is 0 Å². The number of hydrogen-bond acceptors (Lipinski definition) is 3. The number of esters is 1. The lowest BCUT2D eigenvalue weighted by molar-refractivity contribution is -0.147. The van der Waals surface area contributed by atoms with Gasteiger partial charge in [-0.05, 0) is 31.1 Å². The van der Waals surface area contributed by atoms with E-state index in [0.717, 1.165) is 12.8 Å². The Labute approximate surface area is 85.0 Å². The van der Waals surface area contributed by atoms with Gasteiger partial charge in [-0.25, -0.2) is 0 Å². The van der Waals surface area contributed by atoms with E-state index in [0.29, 0.717) is 11.8 Å². The summed E-state index contributed by atoms with van der Waals surface area (Å²) < 4.78 is 4.84. The highest BCUT2D eigenvalue weighted by Gasteiger charge is 2.45. The summed E-state index contributed by atoms with van der Waals surface area (Å²) >= 11 is 0. The quantitative estimate of drug-likeness (QED) is 0.645. The van der Waals surface area contributed by atoms with Gasteiger partial charge in [-0.2, -0.15) is 0 Å². The van der Waals surface area contributed by atoms with Crippen LogP contribution in [-0.4, -0.2) is 19.1 Å². The van der Waals surface area contributed by atoms with Gasteiger partial charge < -0.3 is 10.5 Å². The molecule has 2 saturated carbocycles. The Kier molecular flexibility index (Phi) is 2.77. The first-order chi connectivity index (χ1) is 6.74. The van der Waals surface area contributed by atoms with Gasteiger partial charge in [-0.1, -0.05) is 12.8 Å².